The van der Waals surface area contributed by atoms with Crippen LogP contribution in [0.25, 0.3) is 105 Å². The molecule has 2 aliphatic rings. The van der Waals surface area contributed by atoms with Crippen LogP contribution in [0.2, 0.25) is 0 Å². The lowest BCUT2D eigenvalue weighted by Gasteiger charge is -2.27. The summed E-state index contributed by atoms with van der Waals surface area (Å²) in [4.78, 5) is 16.0. The van der Waals surface area contributed by atoms with Crippen molar-refractivity contribution >= 4 is 81.8 Å². The number of allylic oxidation sites excluding steroid dienone is 4. The highest BCUT2D eigenvalue weighted by Gasteiger charge is 2.43. The third kappa shape index (κ3) is 5.15. The third-order valence-electron chi connectivity index (χ3n) is 13.5. The number of aromatic nitrogens is 4. The highest BCUT2D eigenvalue weighted by molar-refractivity contribution is 6.22. The van der Waals surface area contributed by atoms with Crippen LogP contribution >= 0.6 is 0 Å². The van der Waals surface area contributed by atoms with Crippen molar-refractivity contribution in [1.29, 1.82) is 0 Å². The molecule has 0 N–H and O–H groups in total. The molecule has 0 fully saturated rings. The second-order valence-electron chi connectivity index (χ2n) is 17.0. The monoisotopic (exact) mass is 808 g/mol. The van der Waals surface area contributed by atoms with Gasteiger partial charge in [0.2, 0.25) is 0 Å². The number of hydrogen-bond donors (Lipinski definition) is 0. The Morgan fingerprint density at radius 1 is 0.508 bits per heavy atom. The maximum Gasteiger partial charge on any atom is 0.163 e. The molecule has 0 saturated heterocycles. The topological polar surface area (TPSA) is 69.9 Å². The second kappa shape index (κ2) is 13.2. The number of furan rings is 2. The van der Waals surface area contributed by atoms with Gasteiger partial charge in [-0.15, -0.1) is 0 Å². The zero-order chi connectivity index (χ0) is 41.2. The molecule has 0 bridgehead atoms. The molecule has 6 nitrogen and oxygen atoms in total. The molecule has 63 heavy (non-hydrogen) atoms. The van der Waals surface area contributed by atoms with Gasteiger partial charge < -0.3 is 13.4 Å². The second-order valence-corrected chi connectivity index (χ2v) is 17.0. The maximum atomic E-state index is 6.97. The van der Waals surface area contributed by atoms with E-state index in [1.54, 1.807) is 0 Å². The van der Waals surface area contributed by atoms with Gasteiger partial charge in [0.05, 0.1) is 0 Å². The lowest BCUT2D eigenvalue weighted by Crippen LogP contribution is -2.20. The SMILES string of the molecule is C1=CC2=C(C(c3nc(-c4ccccc4)nc(-c4ccc5c(c4)oc4ccccc45)n3)c3oc4ccccc4c32)[C@H](Cn2c3cc4ccccc4cc3c3c4ccccc4ccc32)C1. The van der Waals surface area contributed by atoms with E-state index in [0.29, 0.717) is 17.5 Å². The normalized spacial score (nSPS) is 16.1. The summed E-state index contributed by atoms with van der Waals surface area (Å²) in [7, 11) is 0. The molecule has 2 aliphatic carbocycles. The van der Waals surface area contributed by atoms with Crippen LogP contribution in [-0.4, -0.2) is 19.5 Å². The predicted octanol–water partition coefficient (Wildman–Crippen LogP) is 14.4. The summed E-state index contributed by atoms with van der Waals surface area (Å²) in [6.07, 6.45) is 5.54. The van der Waals surface area contributed by atoms with Crippen LogP contribution in [0.4, 0.5) is 0 Å². The van der Waals surface area contributed by atoms with Crippen LogP contribution in [0, 0.1) is 5.92 Å². The molecule has 8 aromatic carbocycles. The van der Waals surface area contributed by atoms with Crippen molar-refractivity contribution in [2.75, 3.05) is 0 Å². The summed E-state index contributed by atoms with van der Waals surface area (Å²) in [5.74, 6) is 2.55. The van der Waals surface area contributed by atoms with Gasteiger partial charge in [-0.2, -0.15) is 0 Å². The van der Waals surface area contributed by atoms with Crippen LogP contribution in [0.3, 0.4) is 0 Å². The van der Waals surface area contributed by atoms with Gasteiger partial charge >= 0.3 is 0 Å². The van der Waals surface area contributed by atoms with Crippen molar-refractivity contribution in [3.8, 4) is 22.8 Å². The minimum atomic E-state index is -0.341. The molecule has 1 unspecified atom stereocenters. The maximum absolute atomic E-state index is 6.97. The largest absolute Gasteiger partial charge is 0.459 e. The summed E-state index contributed by atoms with van der Waals surface area (Å²) in [6, 6.07) is 60.0. The first-order valence-corrected chi connectivity index (χ1v) is 21.7. The molecule has 2 atom stereocenters. The summed E-state index contributed by atoms with van der Waals surface area (Å²) in [5.41, 5.74) is 10.4. The molecule has 296 valence electrons. The van der Waals surface area contributed by atoms with Crippen molar-refractivity contribution in [3.05, 3.63) is 205 Å². The number of fused-ring (bicyclic) bond motifs is 13. The van der Waals surface area contributed by atoms with E-state index in [4.69, 9.17) is 23.8 Å². The molecule has 12 aromatic rings. The van der Waals surface area contributed by atoms with Crippen molar-refractivity contribution in [2.24, 2.45) is 5.92 Å². The smallest absolute Gasteiger partial charge is 0.163 e. The quantitative estimate of drug-likeness (QED) is 0.173. The first-order valence-electron chi connectivity index (χ1n) is 21.7. The fraction of sp³-hybridized carbons (Fsp3) is 0.0702. The minimum Gasteiger partial charge on any atom is -0.459 e. The summed E-state index contributed by atoms with van der Waals surface area (Å²) in [6.45, 7) is 0.769. The first kappa shape index (κ1) is 34.6. The molecule has 0 aliphatic heterocycles. The van der Waals surface area contributed by atoms with Gasteiger partial charge in [0.15, 0.2) is 11.6 Å². The molecule has 0 saturated carbocycles. The fourth-order valence-electron chi connectivity index (χ4n) is 10.7. The molecule has 14 rings (SSSR count). The van der Waals surface area contributed by atoms with Crippen LogP contribution in [0.1, 0.15) is 29.5 Å². The summed E-state index contributed by atoms with van der Waals surface area (Å²) in [5, 5.41) is 10.8. The van der Waals surface area contributed by atoms with E-state index in [1.807, 2.05) is 42.5 Å². The minimum absolute atomic E-state index is 0.111. The zero-order valence-corrected chi connectivity index (χ0v) is 34.0. The van der Waals surface area contributed by atoms with Gasteiger partial charge in [0.25, 0.3) is 0 Å². The van der Waals surface area contributed by atoms with E-state index in [1.165, 1.54) is 54.5 Å². The molecule has 0 radical (unpaired) electrons. The summed E-state index contributed by atoms with van der Waals surface area (Å²) < 4.78 is 15.9. The Balaban J connectivity index is 0.992. The number of nitrogens with zero attached hydrogens (tertiary/aromatic N) is 4. The standard InChI is InChI=1S/C57H36N4O2/c1-2-14-34(15-3-1)55-58-56(37-25-27-41-40-20-8-10-23-47(40)62-49(41)31-37)60-57(59-55)53-50-38(18-12-22-43(50)52-42-21-9-11-24-48(42)63-54(52)53)32-61-45-28-26-33-13-6-7-19-39(33)51(45)44-29-35-16-4-5-17-36(35)30-46(44)61/h1-17,19-31,38,53H,18,32H2/t38-,53?/m0/s1. The number of para-hydroxylation sites is 2. The van der Waals surface area contributed by atoms with E-state index < -0.39 is 0 Å². The Labute approximate surface area is 361 Å². The lowest BCUT2D eigenvalue weighted by molar-refractivity contribution is 0.474. The van der Waals surface area contributed by atoms with E-state index in [-0.39, 0.29) is 11.8 Å². The third-order valence-corrected chi connectivity index (χ3v) is 13.5. The Morgan fingerprint density at radius 2 is 1.19 bits per heavy atom. The Kier molecular flexibility index (Phi) is 7.25. The first-order chi connectivity index (χ1) is 31.2. The molecule has 4 aromatic heterocycles. The van der Waals surface area contributed by atoms with Gasteiger partial charge in [-0.1, -0.05) is 140 Å². The number of rotatable bonds is 5. The number of hydrogen-bond acceptors (Lipinski definition) is 5. The summed E-state index contributed by atoms with van der Waals surface area (Å²) >= 11 is 0. The van der Waals surface area contributed by atoms with Gasteiger partial charge in [0.1, 0.15) is 34.3 Å². The van der Waals surface area contributed by atoms with Crippen LogP contribution in [0.5, 0.6) is 0 Å². The molecule has 4 heterocycles. The molecule has 0 spiro atoms. The average Bonchev–Trinajstić information content (AvgIpc) is 4.08. The average molecular weight is 809 g/mol. The van der Waals surface area contributed by atoms with Crippen molar-refractivity contribution in [3.63, 3.8) is 0 Å². The molecule has 6 heteroatoms. The van der Waals surface area contributed by atoms with E-state index >= 15 is 0 Å². The van der Waals surface area contributed by atoms with Gasteiger partial charge in [-0.05, 0) is 81.6 Å². The van der Waals surface area contributed by atoms with Crippen LogP contribution in [0.15, 0.2) is 196 Å². The van der Waals surface area contributed by atoms with E-state index in [9.17, 15) is 0 Å². The number of benzene rings is 8. The van der Waals surface area contributed by atoms with E-state index in [2.05, 4.69) is 144 Å². The Morgan fingerprint density at radius 3 is 2.03 bits per heavy atom. The van der Waals surface area contributed by atoms with Crippen molar-refractivity contribution < 1.29 is 8.83 Å². The predicted molar refractivity (Wildman–Crippen MR) is 255 cm³/mol. The fourth-order valence-corrected chi connectivity index (χ4v) is 10.7. The molecular formula is C57H36N4O2. The van der Waals surface area contributed by atoms with Crippen molar-refractivity contribution in [2.45, 2.75) is 18.9 Å². The molecular weight excluding hydrogens is 773 g/mol. The van der Waals surface area contributed by atoms with Crippen LogP contribution in [-0.2, 0) is 6.54 Å². The van der Waals surface area contributed by atoms with Crippen LogP contribution < -0.4 is 0 Å². The highest BCUT2D eigenvalue weighted by Crippen LogP contribution is 2.55. The van der Waals surface area contributed by atoms with Crippen molar-refractivity contribution in [1.82, 2.24) is 19.5 Å². The van der Waals surface area contributed by atoms with Gasteiger partial charge in [0, 0.05) is 67.1 Å². The van der Waals surface area contributed by atoms with Gasteiger partial charge in [-0.3, -0.25) is 0 Å². The zero-order valence-electron chi connectivity index (χ0n) is 34.0. The Bertz CT molecular complexity index is 3940. The Hall–Kier alpha value is -8.09. The lowest BCUT2D eigenvalue weighted by atomic mass is 9.82. The highest BCUT2D eigenvalue weighted by atomic mass is 16.3. The molecule has 0 amide bonds. The van der Waals surface area contributed by atoms with Gasteiger partial charge in [-0.25, -0.2) is 15.0 Å². The van der Waals surface area contributed by atoms with E-state index in [0.717, 1.165) is 68.3 Å².